The summed E-state index contributed by atoms with van der Waals surface area (Å²) in [6, 6.07) is 18.0. The van der Waals surface area contributed by atoms with Crippen LogP contribution in [0.1, 0.15) is 34.5 Å². The van der Waals surface area contributed by atoms with E-state index >= 15 is 0 Å². The normalized spacial score (nSPS) is 14.4. The van der Waals surface area contributed by atoms with Gasteiger partial charge in [-0.1, -0.05) is 42.5 Å². The van der Waals surface area contributed by atoms with E-state index < -0.39 is 0 Å². The van der Waals surface area contributed by atoms with E-state index in [1.807, 2.05) is 30.3 Å². The van der Waals surface area contributed by atoms with Crippen molar-refractivity contribution in [2.75, 3.05) is 13.1 Å². The van der Waals surface area contributed by atoms with Crippen LogP contribution in [-0.2, 0) is 13.1 Å². The van der Waals surface area contributed by atoms with Crippen LogP contribution >= 0.6 is 0 Å². The van der Waals surface area contributed by atoms with Gasteiger partial charge < -0.3 is 5.32 Å². The molecule has 2 heterocycles. The maximum Gasteiger partial charge on any atom is 0.273 e. The van der Waals surface area contributed by atoms with Gasteiger partial charge in [-0.25, -0.2) is 0 Å². The van der Waals surface area contributed by atoms with Crippen molar-refractivity contribution >= 4 is 5.91 Å². The summed E-state index contributed by atoms with van der Waals surface area (Å²) < 4.78 is 0. The van der Waals surface area contributed by atoms with Crippen molar-refractivity contribution in [1.82, 2.24) is 25.2 Å². The van der Waals surface area contributed by atoms with Gasteiger partial charge in [0, 0.05) is 13.1 Å². The molecule has 0 atom stereocenters. The van der Waals surface area contributed by atoms with Crippen molar-refractivity contribution in [2.24, 2.45) is 0 Å². The Morgan fingerprint density at radius 1 is 0.963 bits per heavy atom. The third kappa shape index (κ3) is 4.41. The SMILES string of the molecule is O=C(NCc1ccc(CN2CCCC2)cc1)c1cnn(-c2ccccc2)n1. The quantitative estimate of drug-likeness (QED) is 0.733. The summed E-state index contributed by atoms with van der Waals surface area (Å²) in [5.41, 5.74) is 3.52. The number of likely N-dealkylation sites (tertiary alicyclic amines) is 1. The van der Waals surface area contributed by atoms with Crippen LogP contribution in [0.25, 0.3) is 5.69 Å². The van der Waals surface area contributed by atoms with E-state index in [0.717, 1.165) is 17.8 Å². The third-order valence-corrected chi connectivity index (χ3v) is 4.79. The lowest BCUT2D eigenvalue weighted by molar-refractivity contribution is 0.0945. The van der Waals surface area contributed by atoms with Crippen LogP contribution in [0, 0.1) is 0 Å². The zero-order valence-corrected chi connectivity index (χ0v) is 15.2. The number of amides is 1. The van der Waals surface area contributed by atoms with E-state index in [1.165, 1.54) is 42.5 Å². The Bertz CT molecular complexity index is 882. The van der Waals surface area contributed by atoms with Crippen LogP contribution in [0.4, 0.5) is 0 Å². The van der Waals surface area contributed by atoms with Crippen LogP contribution in [0.2, 0.25) is 0 Å². The maximum atomic E-state index is 12.3. The average molecular weight is 361 g/mol. The van der Waals surface area contributed by atoms with Crippen molar-refractivity contribution in [3.63, 3.8) is 0 Å². The minimum absolute atomic E-state index is 0.224. The summed E-state index contributed by atoms with van der Waals surface area (Å²) >= 11 is 0. The number of hydrogen-bond donors (Lipinski definition) is 1. The summed E-state index contributed by atoms with van der Waals surface area (Å²) in [7, 11) is 0. The highest BCUT2D eigenvalue weighted by molar-refractivity contribution is 5.91. The number of aromatic nitrogens is 3. The highest BCUT2D eigenvalue weighted by atomic mass is 16.2. The van der Waals surface area contributed by atoms with Gasteiger partial charge in [0.05, 0.1) is 11.9 Å². The van der Waals surface area contributed by atoms with E-state index in [4.69, 9.17) is 0 Å². The molecule has 0 radical (unpaired) electrons. The first-order chi connectivity index (χ1) is 13.3. The van der Waals surface area contributed by atoms with Crippen molar-refractivity contribution in [3.05, 3.63) is 77.6 Å². The van der Waals surface area contributed by atoms with Gasteiger partial charge in [-0.2, -0.15) is 9.90 Å². The molecule has 27 heavy (non-hydrogen) atoms. The highest BCUT2D eigenvalue weighted by Crippen LogP contribution is 2.13. The van der Waals surface area contributed by atoms with Crippen LogP contribution in [0.15, 0.2) is 60.8 Å². The summed E-state index contributed by atoms with van der Waals surface area (Å²) in [6.07, 6.45) is 4.10. The number of rotatable bonds is 6. The van der Waals surface area contributed by atoms with Gasteiger partial charge in [-0.3, -0.25) is 9.69 Å². The predicted octanol–water partition coefficient (Wildman–Crippen LogP) is 2.79. The number of hydrogen-bond acceptors (Lipinski definition) is 4. The number of nitrogens with one attached hydrogen (secondary N) is 1. The molecule has 0 unspecified atom stereocenters. The molecule has 1 N–H and O–H groups in total. The molecule has 0 bridgehead atoms. The molecule has 1 aromatic heterocycles. The zero-order chi connectivity index (χ0) is 18.5. The van der Waals surface area contributed by atoms with Crippen molar-refractivity contribution in [2.45, 2.75) is 25.9 Å². The second-order valence-corrected chi connectivity index (χ2v) is 6.84. The Hall–Kier alpha value is -2.99. The van der Waals surface area contributed by atoms with E-state index in [-0.39, 0.29) is 5.91 Å². The number of carbonyl (C=O) groups is 1. The molecule has 1 saturated heterocycles. The molecule has 0 saturated carbocycles. The van der Waals surface area contributed by atoms with Crippen LogP contribution in [0.5, 0.6) is 0 Å². The molecule has 1 fully saturated rings. The van der Waals surface area contributed by atoms with Crippen LogP contribution < -0.4 is 5.32 Å². The fourth-order valence-electron chi connectivity index (χ4n) is 3.29. The molecule has 1 aliphatic rings. The summed E-state index contributed by atoms with van der Waals surface area (Å²) in [4.78, 5) is 16.3. The molecule has 2 aromatic carbocycles. The number of nitrogens with zero attached hydrogens (tertiary/aromatic N) is 4. The van der Waals surface area contributed by atoms with Gasteiger partial charge >= 0.3 is 0 Å². The maximum absolute atomic E-state index is 12.3. The Labute approximate surface area is 158 Å². The van der Waals surface area contributed by atoms with Gasteiger partial charge in [0.2, 0.25) is 0 Å². The smallest absolute Gasteiger partial charge is 0.273 e. The van der Waals surface area contributed by atoms with Gasteiger partial charge in [0.25, 0.3) is 5.91 Å². The lowest BCUT2D eigenvalue weighted by Gasteiger charge is -2.14. The lowest BCUT2D eigenvalue weighted by atomic mass is 10.1. The number of benzene rings is 2. The van der Waals surface area contributed by atoms with E-state index in [0.29, 0.717) is 12.2 Å². The summed E-state index contributed by atoms with van der Waals surface area (Å²) in [6.45, 7) is 3.87. The fourth-order valence-corrected chi connectivity index (χ4v) is 3.29. The first kappa shape index (κ1) is 17.4. The van der Waals surface area contributed by atoms with Gasteiger partial charge in [-0.15, -0.1) is 5.10 Å². The fraction of sp³-hybridized carbons (Fsp3) is 0.286. The minimum atomic E-state index is -0.224. The first-order valence-corrected chi connectivity index (χ1v) is 9.34. The molecular weight excluding hydrogens is 338 g/mol. The molecular formula is C21H23N5O. The van der Waals surface area contributed by atoms with Crippen LogP contribution in [0.3, 0.4) is 0 Å². The highest BCUT2D eigenvalue weighted by Gasteiger charge is 2.13. The molecule has 138 valence electrons. The molecule has 3 aromatic rings. The number of para-hydroxylation sites is 1. The minimum Gasteiger partial charge on any atom is -0.347 e. The lowest BCUT2D eigenvalue weighted by Crippen LogP contribution is -2.23. The number of carbonyl (C=O) groups excluding carboxylic acids is 1. The Balaban J connectivity index is 1.32. The molecule has 0 spiro atoms. The summed E-state index contributed by atoms with van der Waals surface area (Å²) in [5.74, 6) is -0.224. The van der Waals surface area contributed by atoms with Gasteiger partial charge in [0.15, 0.2) is 5.69 Å². The monoisotopic (exact) mass is 361 g/mol. The van der Waals surface area contributed by atoms with Gasteiger partial charge in [0.1, 0.15) is 0 Å². The molecule has 1 amide bonds. The Morgan fingerprint density at radius 3 is 2.41 bits per heavy atom. The topological polar surface area (TPSA) is 63.1 Å². The predicted molar refractivity (Wildman–Crippen MR) is 103 cm³/mol. The zero-order valence-electron chi connectivity index (χ0n) is 15.2. The Kier molecular flexibility index (Phi) is 5.25. The van der Waals surface area contributed by atoms with Crippen molar-refractivity contribution in [3.8, 4) is 5.69 Å². The Morgan fingerprint density at radius 2 is 1.67 bits per heavy atom. The largest absolute Gasteiger partial charge is 0.347 e. The molecule has 4 rings (SSSR count). The van der Waals surface area contributed by atoms with E-state index in [9.17, 15) is 4.79 Å². The molecule has 0 aliphatic carbocycles. The first-order valence-electron chi connectivity index (χ1n) is 9.34. The molecule has 1 aliphatic heterocycles. The van der Waals surface area contributed by atoms with Gasteiger partial charge in [-0.05, 0) is 49.2 Å². The average Bonchev–Trinajstić information content (AvgIpc) is 3.40. The second-order valence-electron chi connectivity index (χ2n) is 6.84. The van der Waals surface area contributed by atoms with Crippen molar-refractivity contribution in [1.29, 1.82) is 0 Å². The standard InChI is InChI=1S/C21H23N5O/c27-21(20-15-23-26(24-20)19-6-2-1-3-7-19)22-14-17-8-10-18(11-9-17)16-25-12-4-5-13-25/h1-3,6-11,15H,4-5,12-14,16H2,(H,22,27). The van der Waals surface area contributed by atoms with E-state index in [1.54, 1.807) is 0 Å². The third-order valence-electron chi connectivity index (χ3n) is 4.79. The second kappa shape index (κ2) is 8.14. The van der Waals surface area contributed by atoms with Crippen LogP contribution in [-0.4, -0.2) is 38.9 Å². The van der Waals surface area contributed by atoms with E-state index in [2.05, 4.69) is 44.7 Å². The van der Waals surface area contributed by atoms with Crippen molar-refractivity contribution < 1.29 is 4.79 Å². The molecule has 6 heteroatoms. The summed E-state index contributed by atoms with van der Waals surface area (Å²) in [5, 5.41) is 11.3. The molecule has 6 nitrogen and oxygen atoms in total.